The Hall–Kier alpha value is -2.96. The van der Waals surface area contributed by atoms with Crippen molar-refractivity contribution in [3.63, 3.8) is 0 Å². The third-order valence-corrected chi connectivity index (χ3v) is 5.18. The molecule has 4 rings (SSSR count). The first-order valence-corrected chi connectivity index (χ1v) is 8.85. The molecule has 2 aromatic rings. The summed E-state index contributed by atoms with van der Waals surface area (Å²) in [7, 11) is 1.66. The molecule has 2 heterocycles. The Bertz CT molecular complexity index is 814. The summed E-state index contributed by atoms with van der Waals surface area (Å²) in [6.07, 6.45) is 0.838. The van der Waals surface area contributed by atoms with Crippen LogP contribution in [0.4, 0.5) is 22.7 Å². The zero-order valence-electron chi connectivity index (χ0n) is 14.8. The average Bonchev–Trinajstić information content (AvgIpc) is 3.16. The molecule has 1 saturated heterocycles. The van der Waals surface area contributed by atoms with Crippen LogP contribution < -0.4 is 19.9 Å². The van der Waals surface area contributed by atoms with Crippen LogP contribution in [0.5, 0.6) is 5.75 Å². The van der Waals surface area contributed by atoms with Gasteiger partial charge in [0.15, 0.2) is 0 Å². The zero-order valence-corrected chi connectivity index (χ0v) is 14.8. The second-order valence-electron chi connectivity index (χ2n) is 6.57. The van der Waals surface area contributed by atoms with Gasteiger partial charge in [-0.15, -0.1) is 0 Å². The van der Waals surface area contributed by atoms with E-state index in [1.54, 1.807) is 13.2 Å². The topological polar surface area (TPSA) is 70.9 Å². The number of hydrogen-bond donors (Lipinski definition) is 1. The van der Waals surface area contributed by atoms with Gasteiger partial charge < -0.3 is 19.9 Å². The summed E-state index contributed by atoms with van der Waals surface area (Å²) in [5.74, 6) is 0.843. The SMILES string of the molecule is COc1ccc(N2CCN(c3c([N+](=O)[O-])ccc4c3CCN4)CC2)cc1. The summed E-state index contributed by atoms with van der Waals surface area (Å²) in [4.78, 5) is 15.8. The molecule has 1 fully saturated rings. The van der Waals surface area contributed by atoms with Crippen molar-refractivity contribution in [3.8, 4) is 5.75 Å². The molecule has 0 aromatic heterocycles. The molecule has 2 aliphatic heterocycles. The fourth-order valence-electron chi connectivity index (χ4n) is 3.85. The molecule has 0 atom stereocenters. The largest absolute Gasteiger partial charge is 0.497 e. The molecule has 2 aromatic carbocycles. The van der Waals surface area contributed by atoms with E-state index < -0.39 is 0 Å². The highest BCUT2D eigenvalue weighted by Crippen LogP contribution is 2.40. The van der Waals surface area contributed by atoms with Crippen LogP contribution in [0.1, 0.15) is 5.56 Å². The monoisotopic (exact) mass is 354 g/mol. The Morgan fingerprint density at radius 3 is 2.38 bits per heavy atom. The van der Waals surface area contributed by atoms with Crippen LogP contribution in [0.3, 0.4) is 0 Å². The van der Waals surface area contributed by atoms with Crippen molar-refractivity contribution in [1.82, 2.24) is 0 Å². The van der Waals surface area contributed by atoms with E-state index in [-0.39, 0.29) is 10.6 Å². The van der Waals surface area contributed by atoms with E-state index in [9.17, 15) is 10.1 Å². The van der Waals surface area contributed by atoms with Gasteiger partial charge in [0.25, 0.3) is 5.69 Å². The van der Waals surface area contributed by atoms with E-state index in [2.05, 4.69) is 27.2 Å². The molecule has 136 valence electrons. The first kappa shape index (κ1) is 16.5. The van der Waals surface area contributed by atoms with Gasteiger partial charge in [0.1, 0.15) is 11.4 Å². The number of nitro benzene ring substituents is 1. The minimum absolute atomic E-state index is 0.213. The third-order valence-electron chi connectivity index (χ3n) is 5.18. The maximum absolute atomic E-state index is 11.5. The highest BCUT2D eigenvalue weighted by atomic mass is 16.6. The normalized spacial score (nSPS) is 16.2. The lowest BCUT2D eigenvalue weighted by molar-refractivity contribution is -0.384. The van der Waals surface area contributed by atoms with E-state index in [1.165, 1.54) is 0 Å². The number of rotatable bonds is 4. The van der Waals surface area contributed by atoms with Crippen molar-refractivity contribution in [2.45, 2.75) is 6.42 Å². The predicted octanol–water partition coefficient (Wildman–Crippen LogP) is 2.90. The molecule has 1 N–H and O–H groups in total. The molecule has 2 aliphatic rings. The molecule has 0 saturated carbocycles. The van der Waals surface area contributed by atoms with Gasteiger partial charge >= 0.3 is 0 Å². The highest BCUT2D eigenvalue weighted by Gasteiger charge is 2.29. The quantitative estimate of drug-likeness (QED) is 0.672. The lowest BCUT2D eigenvalue weighted by Gasteiger charge is -2.37. The number of anilines is 3. The van der Waals surface area contributed by atoms with E-state index in [1.807, 2.05) is 18.2 Å². The van der Waals surface area contributed by atoms with Gasteiger partial charge in [-0.2, -0.15) is 0 Å². The Morgan fingerprint density at radius 2 is 1.73 bits per heavy atom. The Balaban J connectivity index is 1.55. The van der Waals surface area contributed by atoms with Crippen molar-refractivity contribution in [3.05, 3.63) is 52.1 Å². The average molecular weight is 354 g/mol. The molecule has 7 heteroatoms. The van der Waals surface area contributed by atoms with Crippen LogP contribution in [0.15, 0.2) is 36.4 Å². The van der Waals surface area contributed by atoms with E-state index in [0.717, 1.165) is 67.5 Å². The summed E-state index contributed by atoms with van der Waals surface area (Å²) < 4.78 is 5.21. The number of nitro groups is 1. The van der Waals surface area contributed by atoms with Crippen LogP contribution in [-0.2, 0) is 6.42 Å². The van der Waals surface area contributed by atoms with Gasteiger partial charge in [0.2, 0.25) is 0 Å². The number of ether oxygens (including phenoxy) is 1. The van der Waals surface area contributed by atoms with Gasteiger partial charge in [0.05, 0.1) is 12.0 Å². The van der Waals surface area contributed by atoms with Gasteiger partial charge in [-0.25, -0.2) is 0 Å². The van der Waals surface area contributed by atoms with Crippen molar-refractivity contribution >= 4 is 22.7 Å². The number of fused-ring (bicyclic) bond motifs is 1. The molecule has 7 nitrogen and oxygen atoms in total. The van der Waals surface area contributed by atoms with E-state index in [4.69, 9.17) is 4.74 Å². The first-order chi connectivity index (χ1) is 12.7. The van der Waals surface area contributed by atoms with Gasteiger partial charge in [-0.05, 0) is 36.8 Å². The third kappa shape index (κ3) is 2.89. The minimum Gasteiger partial charge on any atom is -0.497 e. The van der Waals surface area contributed by atoms with Crippen molar-refractivity contribution in [2.24, 2.45) is 0 Å². The van der Waals surface area contributed by atoms with Crippen molar-refractivity contribution in [2.75, 3.05) is 55.0 Å². The van der Waals surface area contributed by atoms with Crippen LogP contribution in [-0.4, -0.2) is 44.8 Å². The number of nitrogens with one attached hydrogen (secondary N) is 1. The van der Waals surface area contributed by atoms with Crippen molar-refractivity contribution in [1.29, 1.82) is 0 Å². The Kier molecular flexibility index (Phi) is 4.28. The maximum atomic E-state index is 11.5. The summed E-state index contributed by atoms with van der Waals surface area (Å²) in [6, 6.07) is 11.5. The highest BCUT2D eigenvalue weighted by molar-refractivity contribution is 5.78. The molecule has 0 bridgehead atoms. The molecular formula is C19H22N4O3. The summed E-state index contributed by atoms with van der Waals surface area (Å²) in [5.41, 5.74) is 4.28. The molecule has 26 heavy (non-hydrogen) atoms. The minimum atomic E-state index is -0.260. The Labute approximate surface area is 152 Å². The summed E-state index contributed by atoms with van der Waals surface area (Å²) in [5, 5.41) is 14.9. The number of nitrogens with zero attached hydrogens (tertiary/aromatic N) is 3. The van der Waals surface area contributed by atoms with Crippen LogP contribution in [0.25, 0.3) is 0 Å². The summed E-state index contributed by atoms with van der Waals surface area (Å²) in [6.45, 7) is 4.04. The smallest absolute Gasteiger partial charge is 0.292 e. The molecule has 0 spiro atoms. The first-order valence-electron chi connectivity index (χ1n) is 8.85. The lowest BCUT2D eigenvalue weighted by atomic mass is 10.1. The van der Waals surface area contributed by atoms with Crippen molar-refractivity contribution < 1.29 is 9.66 Å². The van der Waals surface area contributed by atoms with Crippen LogP contribution >= 0.6 is 0 Å². The van der Waals surface area contributed by atoms with Gasteiger partial charge in [0, 0.05) is 55.7 Å². The van der Waals surface area contributed by atoms with Crippen LogP contribution in [0, 0.1) is 10.1 Å². The second kappa shape index (κ2) is 6.74. The number of methoxy groups -OCH3 is 1. The molecule has 0 aliphatic carbocycles. The maximum Gasteiger partial charge on any atom is 0.292 e. The van der Waals surface area contributed by atoms with E-state index in [0.29, 0.717) is 0 Å². The fraction of sp³-hybridized carbons (Fsp3) is 0.368. The van der Waals surface area contributed by atoms with Gasteiger partial charge in [-0.3, -0.25) is 10.1 Å². The molecular weight excluding hydrogens is 332 g/mol. The zero-order chi connectivity index (χ0) is 18.1. The second-order valence-corrected chi connectivity index (χ2v) is 6.57. The lowest BCUT2D eigenvalue weighted by Crippen LogP contribution is -2.47. The number of benzene rings is 2. The molecule has 0 unspecified atom stereocenters. The number of piperazine rings is 1. The molecule has 0 radical (unpaired) electrons. The summed E-state index contributed by atoms with van der Waals surface area (Å²) >= 11 is 0. The standard InChI is InChI=1S/C19H22N4O3/c1-26-15-4-2-14(3-5-15)21-10-12-22(13-11-21)19-16-8-9-20-17(16)6-7-18(19)23(24)25/h2-7,20H,8-13H2,1H3. The fourth-order valence-corrected chi connectivity index (χ4v) is 3.85. The number of hydrogen-bond acceptors (Lipinski definition) is 6. The Morgan fingerprint density at radius 1 is 1.04 bits per heavy atom. The van der Waals surface area contributed by atoms with Gasteiger partial charge in [-0.1, -0.05) is 0 Å². The van der Waals surface area contributed by atoms with E-state index >= 15 is 0 Å². The predicted molar refractivity (Wildman–Crippen MR) is 103 cm³/mol. The molecule has 0 amide bonds. The van der Waals surface area contributed by atoms with Crippen LogP contribution in [0.2, 0.25) is 0 Å².